The van der Waals surface area contributed by atoms with Crippen molar-refractivity contribution in [1.82, 2.24) is 30.2 Å². The second-order valence-electron chi connectivity index (χ2n) is 17.8. The number of carbonyl (C=O) groups excluding carboxylic acids is 4. The number of aryl methyl sites for hydroxylation is 1. The van der Waals surface area contributed by atoms with Crippen molar-refractivity contribution >= 4 is 44.9 Å². The van der Waals surface area contributed by atoms with Crippen LogP contribution in [0.25, 0.3) is 11.0 Å². The lowest BCUT2D eigenvalue weighted by Crippen LogP contribution is -2.60. The molecule has 2 aromatic rings. The highest BCUT2D eigenvalue weighted by Crippen LogP contribution is 2.49. The largest absolute Gasteiger partial charge is 0.471 e. The standard InChI is InChI=1S/C39H51F3N6O8S/c1-37(2,3)30-34(50)48-20-23(18-28(48)32(49)46-39(19-24(39)31(41)42)35(51)47-57(53,54)38(4)15-16-38)55-33-26(43-25-14-13-22(40)17-27(25)44-33)11-7-5-6-9-21-10-8-12-29(21)56-36(52)45-30/h13-14,17,21,23-24,28-31H,5-12,15-16,18-20H2,1-4H3,(H,45,52)(H,46,49)(H,47,51)/t21-,23-,24?,28+,29-,30-,39-/m1/s1. The van der Waals surface area contributed by atoms with Gasteiger partial charge in [-0.3, -0.25) is 19.1 Å². The molecule has 1 aromatic heterocycles. The molecule has 1 unspecified atom stereocenters. The zero-order valence-corrected chi connectivity index (χ0v) is 33.4. The average molecular weight is 821 g/mol. The molecule has 0 radical (unpaired) electrons. The van der Waals surface area contributed by atoms with Crippen molar-refractivity contribution < 1.29 is 50.2 Å². The molecule has 5 aliphatic rings. The highest BCUT2D eigenvalue weighted by atomic mass is 32.2. The summed E-state index contributed by atoms with van der Waals surface area (Å²) in [6.07, 6.45) is 0.933. The maximum absolute atomic E-state index is 14.7. The molecule has 1 saturated heterocycles. The van der Waals surface area contributed by atoms with Crippen LogP contribution in [0.4, 0.5) is 18.0 Å². The van der Waals surface area contributed by atoms with Gasteiger partial charge in [-0.25, -0.2) is 36.4 Å². The van der Waals surface area contributed by atoms with Gasteiger partial charge in [-0.1, -0.05) is 33.6 Å². The lowest BCUT2D eigenvalue weighted by atomic mass is 9.85. The molecule has 7 rings (SSSR count). The first kappa shape index (κ1) is 41.0. The zero-order valence-electron chi connectivity index (χ0n) is 32.6. The molecule has 18 heteroatoms. The van der Waals surface area contributed by atoms with Gasteiger partial charge >= 0.3 is 6.09 Å². The third-order valence-corrected chi connectivity index (χ3v) is 14.6. The SMILES string of the molecule is CC(C)(C)[C@@H]1NC(=O)O[C@@H]2CCC[C@H]2CCCCCc2nc3ccc(F)cc3nc2O[C@@H]2C[C@@H](C(=O)N[C@]3(C(=O)NS(=O)(=O)C4(C)CC4)CC3C(F)F)N(C2)C1=O. The number of hydrogen-bond donors (Lipinski definition) is 3. The highest BCUT2D eigenvalue weighted by Gasteiger charge is 2.67. The number of aromatic nitrogens is 2. The smallest absolute Gasteiger partial charge is 0.408 e. The summed E-state index contributed by atoms with van der Waals surface area (Å²) in [4.78, 5) is 66.5. The number of fused-ring (bicyclic) bond motifs is 5. The molecule has 312 valence electrons. The van der Waals surface area contributed by atoms with Crippen LogP contribution in [0.15, 0.2) is 18.2 Å². The number of alkyl halides is 2. The fourth-order valence-corrected chi connectivity index (χ4v) is 9.76. The van der Waals surface area contributed by atoms with E-state index < -0.39 is 92.3 Å². The molecule has 4 fully saturated rings. The van der Waals surface area contributed by atoms with Gasteiger partial charge in [-0.05, 0) is 88.2 Å². The Morgan fingerprint density at radius 3 is 2.44 bits per heavy atom. The molecule has 1 aromatic carbocycles. The fourth-order valence-electron chi connectivity index (χ4n) is 8.44. The molecule has 2 aliphatic heterocycles. The van der Waals surface area contributed by atoms with Crippen molar-refractivity contribution in [3.8, 4) is 5.88 Å². The number of halogens is 3. The molecule has 7 atom stereocenters. The van der Waals surface area contributed by atoms with E-state index in [0.717, 1.165) is 32.1 Å². The van der Waals surface area contributed by atoms with Gasteiger partial charge in [0.05, 0.1) is 28.2 Å². The third-order valence-electron chi connectivity index (χ3n) is 12.4. The van der Waals surface area contributed by atoms with E-state index in [0.29, 0.717) is 30.5 Å². The Hall–Kier alpha value is -4.22. The van der Waals surface area contributed by atoms with Crippen LogP contribution in [-0.4, -0.2) is 94.6 Å². The molecule has 57 heavy (non-hydrogen) atoms. The van der Waals surface area contributed by atoms with Crippen molar-refractivity contribution in [3.05, 3.63) is 29.7 Å². The van der Waals surface area contributed by atoms with Crippen molar-refractivity contribution in [2.75, 3.05) is 6.54 Å². The number of nitrogens with zero attached hydrogens (tertiary/aromatic N) is 3. The number of alkyl carbamates (subject to hydrolysis) is 1. The van der Waals surface area contributed by atoms with E-state index in [-0.39, 0.29) is 49.2 Å². The van der Waals surface area contributed by atoms with Crippen LogP contribution in [-0.2, 0) is 35.6 Å². The van der Waals surface area contributed by atoms with Crippen LogP contribution in [0.3, 0.4) is 0 Å². The third kappa shape index (κ3) is 8.37. The Bertz CT molecular complexity index is 2040. The van der Waals surface area contributed by atoms with Gasteiger partial charge in [-0.2, -0.15) is 0 Å². The van der Waals surface area contributed by atoms with Crippen LogP contribution in [0, 0.1) is 23.1 Å². The second kappa shape index (κ2) is 15.2. The fraction of sp³-hybridized carbons (Fsp3) is 0.692. The van der Waals surface area contributed by atoms with Crippen LogP contribution in [0.5, 0.6) is 5.88 Å². The normalized spacial score (nSPS) is 30.6. The number of benzene rings is 1. The average Bonchev–Trinajstić information content (AvgIpc) is 3.96. The van der Waals surface area contributed by atoms with E-state index in [1.54, 1.807) is 20.8 Å². The van der Waals surface area contributed by atoms with E-state index in [9.17, 15) is 40.8 Å². The second-order valence-corrected chi connectivity index (χ2v) is 20.0. The summed E-state index contributed by atoms with van der Waals surface area (Å²) < 4.78 is 81.8. The summed E-state index contributed by atoms with van der Waals surface area (Å²) in [5.74, 6) is -4.93. The first-order valence-corrected chi connectivity index (χ1v) is 21.4. The first-order chi connectivity index (χ1) is 26.8. The summed E-state index contributed by atoms with van der Waals surface area (Å²) >= 11 is 0. The van der Waals surface area contributed by atoms with E-state index >= 15 is 0 Å². The maximum Gasteiger partial charge on any atom is 0.408 e. The Morgan fingerprint density at radius 2 is 1.75 bits per heavy atom. The maximum atomic E-state index is 14.7. The molecule has 3 saturated carbocycles. The predicted octanol–water partition coefficient (Wildman–Crippen LogP) is 4.68. The lowest BCUT2D eigenvalue weighted by Gasteiger charge is -2.35. The monoisotopic (exact) mass is 820 g/mol. The number of amides is 4. The molecule has 3 aliphatic carbocycles. The molecular formula is C39H51F3N6O8S. The van der Waals surface area contributed by atoms with Gasteiger partial charge in [0.15, 0.2) is 0 Å². The minimum atomic E-state index is -4.25. The minimum absolute atomic E-state index is 0.0900. The Balaban J connectivity index is 1.23. The van der Waals surface area contributed by atoms with E-state index in [2.05, 4.69) is 15.6 Å². The van der Waals surface area contributed by atoms with Gasteiger partial charge in [0.25, 0.3) is 5.91 Å². The minimum Gasteiger partial charge on any atom is -0.471 e. The summed E-state index contributed by atoms with van der Waals surface area (Å²) in [6, 6.07) is 1.38. The molecule has 0 spiro atoms. The number of rotatable bonds is 6. The van der Waals surface area contributed by atoms with Gasteiger partial charge in [0.2, 0.25) is 34.1 Å². The van der Waals surface area contributed by atoms with Crippen LogP contribution >= 0.6 is 0 Å². The van der Waals surface area contributed by atoms with Crippen LogP contribution < -0.4 is 20.1 Å². The van der Waals surface area contributed by atoms with Crippen LogP contribution in [0.2, 0.25) is 0 Å². The Morgan fingerprint density at radius 1 is 1.02 bits per heavy atom. The number of hydrogen-bond acceptors (Lipinski definition) is 10. The number of ether oxygens (including phenoxy) is 2. The van der Waals surface area contributed by atoms with E-state index in [1.807, 2.05) is 4.72 Å². The number of carbonyl (C=O) groups is 4. The number of sulfonamides is 1. The van der Waals surface area contributed by atoms with Crippen LogP contribution in [0.1, 0.15) is 104 Å². The van der Waals surface area contributed by atoms with Crippen molar-refractivity contribution in [2.24, 2.45) is 17.3 Å². The van der Waals surface area contributed by atoms with E-state index in [1.165, 1.54) is 30.0 Å². The number of nitrogens with one attached hydrogen (secondary N) is 3. The first-order valence-electron chi connectivity index (χ1n) is 19.9. The highest BCUT2D eigenvalue weighted by molar-refractivity contribution is 7.91. The summed E-state index contributed by atoms with van der Waals surface area (Å²) in [5, 5.41) is 5.17. The quantitative estimate of drug-likeness (QED) is 0.370. The predicted molar refractivity (Wildman–Crippen MR) is 200 cm³/mol. The molecule has 4 amide bonds. The van der Waals surface area contributed by atoms with Gasteiger partial charge in [0, 0.05) is 12.5 Å². The molecular weight excluding hydrogens is 770 g/mol. The van der Waals surface area contributed by atoms with Gasteiger partial charge < -0.3 is 25.0 Å². The van der Waals surface area contributed by atoms with Crippen molar-refractivity contribution in [3.63, 3.8) is 0 Å². The molecule has 2 bridgehead atoms. The van der Waals surface area contributed by atoms with Gasteiger partial charge in [0.1, 0.15) is 41.3 Å². The summed E-state index contributed by atoms with van der Waals surface area (Å²) in [5.41, 5.74) is -1.99. The van der Waals surface area contributed by atoms with Crippen molar-refractivity contribution in [2.45, 2.75) is 146 Å². The zero-order chi connectivity index (χ0) is 41.1. The van der Waals surface area contributed by atoms with Gasteiger partial charge in [-0.15, -0.1) is 0 Å². The molecule has 14 nitrogen and oxygen atoms in total. The molecule has 3 N–H and O–H groups in total. The van der Waals surface area contributed by atoms with Crippen molar-refractivity contribution in [1.29, 1.82) is 0 Å². The Labute approximate surface area is 329 Å². The topological polar surface area (TPSA) is 186 Å². The summed E-state index contributed by atoms with van der Waals surface area (Å²) in [7, 11) is -4.25. The Kier molecular flexibility index (Phi) is 10.9. The molecule has 3 heterocycles. The summed E-state index contributed by atoms with van der Waals surface area (Å²) in [6.45, 7) is 6.40. The lowest BCUT2D eigenvalue weighted by molar-refractivity contribution is -0.143. The van der Waals surface area contributed by atoms with E-state index in [4.69, 9.17) is 14.5 Å².